The van der Waals surface area contributed by atoms with Gasteiger partial charge in [-0.1, -0.05) is 13.8 Å². The zero-order valence-electron chi connectivity index (χ0n) is 10.2. The number of rotatable bonds is 8. The summed E-state index contributed by atoms with van der Waals surface area (Å²) in [7, 11) is 1.52. The van der Waals surface area contributed by atoms with E-state index in [-0.39, 0.29) is 18.9 Å². The molecule has 0 aromatic rings. The van der Waals surface area contributed by atoms with Crippen molar-refractivity contribution in [3.8, 4) is 0 Å². The van der Waals surface area contributed by atoms with Gasteiger partial charge in [-0.2, -0.15) is 0 Å². The monoisotopic (exact) mass is 231 g/mol. The van der Waals surface area contributed by atoms with Gasteiger partial charge in [0, 0.05) is 20.1 Å². The van der Waals surface area contributed by atoms with Gasteiger partial charge in [0.1, 0.15) is 0 Å². The van der Waals surface area contributed by atoms with Crippen LogP contribution in [0.15, 0.2) is 0 Å². The van der Waals surface area contributed by atoms with E-state index in [0.717, 1.165) is 0 Å². The molecular formula is C11H21NO4. The minimum Gasteiger partial charge on any atom is -0.481 e. The molecule has 0 rings (SSSR count). The maximum Gasteiger partial charge on any atom is 0.311 e. The highest BCUT2D eigenvalue weighted by atomic mass is 16.5. The van der Waals surface area contributed by atoms with Crippen molar-refractivity contribution in [2.75, 3.05) is 20.3 Å². The fraction of sp³-hybridized carbons (Fsp3) is 0.818. The number of aliphatic carboxylic acids is 1. The molecule has 0 spiro atoms. The van der Waals surface area contributed by atoms with Crippen LogP contribution in [-0.2, 0) is 14.3 Å². The molecule has 0 bridgehead atoms. The molecule has 0 atom stereocenters. The van der Waals surface area contributed by atoms with E-state index in [1.807, 2.05) is 13.8 Å². The maximum atomic E-state index is 11.3. The van der Waals surface area contributed by atoms with Crippen LogP contribution in [0.3, 0.4) is 0 Å². The molecule has 0 heterocycles. The van der Waals surface area contributed by atoms with E-state index in [4.69, 9.17) is 9.84 Å². The molecule has 0 saturated heterocycles. The molecule has 1 amide bonds. The van der Waals surface area contributed by atoms with E-state index < -0.39 is 11.4 Å². The molecular weight excluding hydrogens is 210 g/mol. The number of hydrogen-bond donors (Lipinski definition) is 2. The van der Waals surface area contributed by atoms with Gasteiger partial charge in [0.15, 0.2) is 0 Å². The van der Waals surface area contributed by atoms with Crippen molar-refractivity contribution in [3.63, 3.8) is 0 Å². The predicted molar refractivity (Wildman–Crippen MR) is 60.2 cm³/mol. The lowest BCUT2D eigenvalue weighted by Gasteiger charge is -2.26. The van der Waals surface area contributed by atoms with Crippen molar-refractivity contribution >= 4 is 11.9 Å². The van der Waals surface area contributed by atoms with Crippen molar-refractivity contribution in [1.29, 1.82) is 0 Å². The highest BCUT2D eigenvalue weighted by Crippen LogP contribution is 2.25. The van der Waals surface area contributed by atoms with Gasteiger partial charge in [0.05, 0.1) is 12.0 Å². The van der Waals surface area contributed by atoms with Gasteiger partial charge in [0.25, 0.3) is 0 Å². The first-order valence-electron chi connectivity index (χ1n) is 5.51. The van der Waals surface area contributed by atoms with Crippen LogP contribution in [0, 0.1) is 5.41 Å². The van der Waals surface area contributed by atoms with Crippen molar-refractivity contribution in [3.05, 3.63) is 0 Å². The summed E-state index contributed by atoms with van der Waals surface area (Å²) >= 11 is 0. The summed E-state index contributed by atoms with van der Waals surface area (Å²) in [5, 5.41) is 11.8. The molecule has 0 aliphatic carbocycles. The van der Waals surface area contributed by atoms with Crippen LogP contribution in [0.2, 0.25) is 0 Å². The molecule has 0 fully saturated rings. The van der Waals surface area contributed by atoms with Crippen LogP contribution >= 0.6 is 0 Å². The molecule has 0 aliphatic heterocycles. The summed E-state index contributed by atoms with van der Waals surface area (Å²) in [6.07, 6.45) is 1.27. The Hall–Kier alpha value is -1.10. The number of carbonyl (C=O) groups is 2. The number of carboxylic acids is 1. The quantitative estimate of drug-likeness (QED) is 0.654. The van der Waals surface area contributed by atoms with Gasteiger partial charge < -0.3 is 15.2 Å². The number of carboxylic acid groups (broad SMARTS) is 1. The van der Waals surface area contributed by atoms with Crippen LogP contribution in [0.4, 0.5) is 0 Å². The fourth-order valence-corrected chi connectivity index (χ4v) is 1.43. The average molecular weight is 231 g/mol. The molecule has 0 aromatic heterocycles. The second kappa shape index (κ2) is 7.22. The highest BCUT2D eigenvalue weighted by molar-refractivity contribution is 5.79. The molecule has 16 heavy (non-hydrogen) atoms. The zero-order valence-corrected chi connectivity index (χ0v) is 10.2. The molecule has 0 aromatic carbocycles. The van der Waals surface area contributed by atoms with E-state index in [2.05, 4.69) is 5.32 Å². The SMILES string of the molecule is CCC(CC)(CNC(=O)CCOC)C(=O)O. The Morgan fingerprint density at radius 2 is 1.88 bits per heavy atom. The maximum absolute atomic E-state index is 11.3. The molecule has 2 N–H and O–H groups in total. The number of hydrogen-bond acceptors (Lipinski definition) is 3. The van der Waals surface area contributed by atoms with E-state index in [9.17, 15) is 9.59 Å². The van der Waals surface area contributed by atoms with Crippen LogP contribution in [0.1, 0.15) is 33.1 Å². The molecule has 5 heteroatoms. The average Bonchev–Trinajstić information content (AvgIpc) is 2.28. The summed E-state index contributed by atoms with van der Waals surface area (Å²) in [6.45, 7) is 4.17. The summed E-state index contributed by atoms with van der Waals surface area (Å²) in [6, 6.07) is 0. The number of nitrogens with one attached hydrogen (secondary N) is 1. The number of methoxy groups -OCH3 is 1. The third-order valence-electron chi connectivity index (χ3n) is 2.96. The van der Waals surface area contributed by atoms with E-state index in [1.54, 1.807) is 0 Å². The normalized spacial score (nSPS) is 11.2. The van der Waals surface area contributed by atoms with Gasteiger partial charge in [0.2, 0.25) is 5.91 Å². The first-order valence-corrected chi connectivity index (χ1v) is 5.51. The fourth-order valence-electron chi connectivity index (χ4n) is 1.43. The molecule has 0 aliphatic rings. The second-order valence-corrected chi connectivity index (χ2v) is 3.81. The van der Waals surface area contributed by atoms with Gasteiger partial charge in [-0.25, -0.2) is 0 Å². The van der Waals surface area contributed by atoms with Crippen LogP contribution in [-0.4, -0.2) is 37.2 Å². The lowest BCUT2D eigenvalue weighted by Crippen LogP contribution is -2.42. The Labute approximate surface area is 96.2 Å². The van der Waals surface area contributed by atoms with Gasteiger partial charge >= 0.3 is 5.97 Å². The lowest BCUT2D eigenvalue weighted by atomic mass is 9.82. The minimum absolute atomic E-state index is 0.172. The summed E-state index contributed by atoms with van der Waals surface area (Å²) in [5.74, 6) is -1.03. The largest absolute Gasteiger partial charge is 0.481 e. The Kier molecular flexibility index (Phi) is 6.72. The van der Waals surface area contributed by atoms with Crippen LogP contribution < -0.4 is 5.32 Å². The van der Waals surface area contributed by atoms with E-state index >= 15 is 0 Å². The topological polar surface area (TPSA) is 75.6 Å². The van der Waals surface area contributed by atoms with Crippen molar-refractivity contribution < 1.29 is 19.4 Å². The predicted octanol–water partition coefficient (Wildman–Crippen LogP) is 1.03. The smallest absolute Gasteiger partial charge is 0.311 e. The molecule has 5 nitrogen and oxygen atoms in total. The van der Waals surface area contributed by atoms with Crippen LogP contribution in [0.25, 0.3) is 0 Å². The van der Waals surface area contributed by atoms with Gasteiger partial charge in [-0.05, 0) is 12.8 Å². The Morgan fingerprint density at radius 1 is 1.31 bits per heavy atom. The van der Waals surface area contributed by atoms with Crippen molar-refractivity contribution in [2.24, 2.45) is 5.41 Å². The third kappa shape index (κ3) is 4.18. The lowest BCUT2D eigenvalue weighted by molar-refractivity contribution is -0.149. The van der Waals surface area contributed by atoms with Gasteiger partial charge in [-0.15, -0.1) is 0 Å². The van der Waals surface area contributed by atoms with E-state index in [0.29, 0.717) is 19.4 Å². The standard InChI is InChI=1S/C11H21NO4/c1-4-11(5-2,10(14)15)8-12-9(13)6-7-16-3/h4-8H2,1-3H3,(H,12,13)(H,14,15). The first kappa shape index (κ1) is 14.9. The zero-order chi connectivity index (χ0) is 12.6. The molecule has 0 unspecified atom stereocenters. The number of amides is 1. The summed E-state index contributed by atoms with van der Waals surface area (Å²) in [5.41, 5.74) is -0.845. The van der Waals surface area contributed by atoms with Crippen LogP contribution in [0.5, 0.6) is 0 Å². The van der Waals surface area contributed by atoms with E-state index in [1.165, 1.54) is 7.11 Å². The Bertz CT molecular complexity index is 236. The summed E-state index contributed by atoms with van der Waals surface area (Å²) < 4.78 is 4.77. The molecule has 0 saturated carbocycles. The third-order valence-corrected chi connectivity index (χ3v) is 2.96. The second-order valence-electron chi connectivity index (χ2n) is 3.81. The Morgan fingerprint density at radius 3 is 2.25 bits per heavy atom. The molecule has 0 radical (unpaired) electrons. The highest BCUT2D eigenvalue weighted by Gasteiger charge is 2.34. The van der Waals surface area contributed by atoms with Crippen molar-refractivity contribution in [2.45, 2.75) is 33.1 Å². The van der Waals surface area contributed by atoms with Crippen molar-refractivity contribution in [1.82, 2.24) is 5.32 Å². The molecule has 94 valence electrons. The van der Waals surface area contributed by atoms with Gasteiger partial charge in [-0.3, -0.25) is 9.59 Å². The Balaban J connectivity index is 4.22. The summed E-state index contributed by atoms with van der Waals surface area (Å²) in [4.78, 5) is 22.5. The number of carbonyl (C=O) groups excluding carboxylic acids is 1. The number of ether oxygens (including phenoxy) is 1. The minimum atomic E-state index is -0.857. The first-order chi connectivity index (χ1) is 7.52.